The second-order valence-electron chi connectivity index (χ2n) is 7.90. The predicted octanol–water partition coefficient (Wildman–Crippen LogP) is 3.86. The van der Waals surface area contributed by atoms with Crippen LogP contribution in [0.4, 0.5) is 0 Å². The van der Waals surface area contributed by atoms with Gasteiger partial charge in [0.2, 0.25) is 5.91 Å². The zero-order valence-corrected chi connectivity index (χ0v) is 16.8. The Morgan fingerprint density at radius 3 is 2.62 bits per heavy atom. The molecule has 2 saturated heterocycles. The molecule has 0 bridgehead atoms. The van der Waals surface area contributed by atoms with Crippen LogP contribution in [0.2, 0.25) is 5.02 Å². The van der Waals surface area contributed by atoms with Crippen LogP contribution in [0.1, 0.15) is 57.6 Å². The molecule has 2 aliphatic rings. The summed E-state index contributed by atoms with van der Waals surface area (Å²) in [6, 6.07) is 8.71. The second-order valence-corrected chi connectivity index (χ2v) is 8.34. The standard InChI is InChI=1S/C21H32ClN3O/c1-16(2)25-13-4-3-10-19(25)21(26)23-15-20(24-11-5-6-12-24)17-8-7-9-18(22)14-17/h7-9,14,16,19-20H,3-6,10-13,15H2,1-2H3,(H,23,26). The Balaban J connectivity index is 1.68. The van der Waals surface area contributed by atoms with Crippen molar-refractivity contribution < 1.29 is 4.79 Å². The molecule has 2 aliphatic heterocycles. The molecular weight excluding hydrogens is 346 g/mol. The molecule has 1 aromatic carbocycles. The summed E-state index contributed by atoms with van der Waals surface area (Å²) in [6.07, 6.45) is 5.77. The van der Waals surface area contributed by atoms with E-state index in [1.165, 1.54) is 24.8 Å². The zero-order chi connectivity index (χ0) is 18.5. The van der Waals surface area contributed by atoms with Crippen molar-refractivity contribution in [3.63, 3.8) is 0 Å². The van der Waals surface area contributed by atoms with Crippen LogP contribution in [-0.4, -0.2) is 54.0 Å². The van der Waals surface area contributed by atoms with Crippen molar-refractivity contribution >= 4 is 17.5 Å². The molecule has 0 aliphatic carbocycles. The van der Waals surface area contributed by atoms with E-state index in [-0.39, 0.29) is 18.0 Å². The van der Waals surface area contributed by atoms with E-state index >= 15 is 0 Å². The summed E-state index contributed by atoms with van der Waals surface area (Å²) in [5.74, 6) is 0.185. The molecule has 2 fully saturated rings. The number of nitrogens with one attached hydrogen (secondary N) is 1. The van der Waals surface area contributed by atoms with Crippen molar-refractivity contribution in [2.24, 2.45) is 0 Å². The van der Waals surface area contributed by atoms with Gasteiger partial charge >= 0.3 is 0 Å². The van der Waals surface area contributed by atoms with Crippen molar-refractivity contribution in [3.8, 4) is 0 Å². The van der Waals surface area contributed by atoms with Crippen molar-refractivity contribution in [3.05, 3.63) is 34.9 Å². The lowest BCUT2D eigenvalue weighted by atomic mass is 9.99. The first-order valence-electron chi connectivity index (χ1n) is 10.1. The lowest BCUT2D eigenvalue weighted by Gasteiger charge is -2.38. The molecule has 26 heavy (non-hydrogen) atoms. The van der Waals surface area contributed by atoms with E-state index in [0.717, 1.165) is 37.5 Å². The summed E-state index contributed by atoms with van der Waals surface area (Å²) < 4.78 is 0. The minimum absolute atomic E-state index is 0.0161. The number of nitrogens with zero attached hydrogens (tertiary/aromatic N) is 2. The summed E-state index contributed by atoms with van der Waals surface area (Å²) >= 11 is 6.22. The van der Waals surface area contributed by atoms with Gasteiger partial charge in [-0.3, -0.25) is 14.6 Å². The molecule has 0 spiro atoms. The van der Waals surface area contributed by atoms with E-state index in [1.807, 2.05) is 18.2 Å². The van der Waals surface area contributed by atoms with Gasteiger partial charge in [-0.2, -0.15) is 0 Å². The van der Waals surface area contributed by atoms with Crippen LogP contribution in [0.5, 0.6) is 0 Å². The number of amides is 1. The smallest absolute Gasteiger partial charge is 0.237 e. The van der Waals surface area contributed by atoms with Crippen molar-refractivity contribution in [2.45, 2.75) is 64.1 Å². The van der Waals surface area contributed by atoms with Crippen LogP contribution < -0.4 is 5.32 Å². The Labute approximate surface area is 162 Å². The number of rotatable bonds is 6. The van der Waals surface area contributed by atoms with Gasteiger partial charge in [-0.05, 0) is 76.9 Å². The van der Waals surface area contributed by atoms with Crippen LogP contribution in [0, 0.1) is 0 Å². The molecule has 4 nitrogen and oxygen atoms in total. The van der Waals surface area contributed by atoms with E-state index in [1.54, 1.807) is 0 Å². The normalized spacial score (nSPS) is 23.3. The molecule has 0 saturated carbocycles. The lowest BCUT2D eigenvalue weighted by Crippen LogP contribution is -2.53. The maximum Gasteiger partial charge on any atom is 0.237 e. The van der Waals surface area contributed by atoms with Crippen LogP contribution in [-0.2, 0) is 4.79 Å². The van der Waals surface area contributed by atoms with Crippen molar-refractivity contribution in [1.29, 1.82) is 0 Å². The molecule has 1 N–H and O–H groups in total. The van der Waals surface area contributed by atoms with E-state index in [2.05, 4.69) is 35.0 Å². The number of likely N-dealkylation sites (tertiary alicyclic amines) is 2. The lowest BCUT2D eigenvalue weighted by molar-refractivity contribution is -0.128. The fourth-order valence-electron chi connectivity index (χ4n) is 4.39. The maximum absolute atomic E-state index is 12.9. The molecule has 1 aromatic rings. The number of carbonyl (C=O) groups excluding carboxylic acids is 1. The minimum atomic E-state index is 0.0161. The topological polar surface area (TPSA) is 35.6 Å². The van der Waals surface area contributed by atoms with Crippen LogP contribution in [0.15, 0.2) is 24.3 Å². The van der Waals surface area contributed by atoms with Gasteiger partial charge in [0.1, 0.15) is 0 Å². The predicted molar refractivity (Wildman–Crippen MR) is 107 cm³/mol. The van der Waals surface area contributed by atoms with Gasteiger partial charge in [-0.25, -0.2) is 0 Å². The fraction of sp³-hybridized carbons (Fsp3) is 0.667. The molecule has 2 atom stereocenters. The number of benzene rings is 1. The minimum Gasteiger partial charge on any atom is -0.353 e. The number of halogens is 1. The van der Waals surface area contributed by atoms with Crippen molar-refractivity contribution in [2.75, 3.05) is 26.2 Å². The molecule has 0 radical (unpaired) electrons. The molecule has 2 unspecified atom stereocenters. The largest absolute Gasteiger partial charge is 0.353 e. The average molecular weight is 378 g/mol. The first-order valence-corrected chi connectivity index (χ1v) is 10.5. The Bertz CT molecular complexity index is 601. The summed E-state index contributed by atoms with van der Waals surface area (Å²) in [7, 11) is 0. The summed E-state index contributed by atoms with van der Waals surface area (Å²) in [5, 5.41) is 4.03. The first-order chi connectivity index (χ1) is 12.6. The maximum atomic E-state index is 12.9. The number of carbonyl (C=O) groups is 1. The Morgan fingerprint density at radius 2 is 1.92 bits per heavy atom. The summed E-state index contributed by atoms with van der Waals surface area (Å²) in [5.41, 5.74) is 1.20. The van der Waals surface area contributed by atoms with E-state index in [4.69, 9.17) is 11.6 Å². The van der Waals surface area contributed by atoms with Crippen LogP contribution in [0.25, 0.3) is 0 Å². The molecule has 1 amide bonds. The SMILES string of the molecule is CC(C)N1CCCCC1C(=O)NCC(c1cccc(Cl)c1)N1CCCC1. The van der Waals surface area contributed by atoms with E-state index in [9.17, 15) is 4.79 Å². The van der Waals surface area contributed by atoms with Gasteiger partial charge < -0.3 is 5.32 Å². The molecular formula is C21H32ClN3O. The molecule has 0 aromatic heterocycles. The summed E-state index contributed by atoms with van der Waals surface area (Å²) in [4.78, 5) is 17.8. The number of hydrogen-bond donors (Lipinski definition) is 1. The van der Waals surface area contributed by atoms with Gasteiger partial charge in [0, 0.05) is 17.6 Å². The monoisotopic (exact) mass is 377 g/mol. The highest BCUT2D eigenvalue weighted by Gasteiger charge is 2.31. The highest BCUT2D eigenvalue weighted by Crippen LogP contribution is 2.27. The quantitative estimate of drug-likeness (QED) is 0.817. The Hall–Kier alpha value is -1.10. The van der Waals surface area contributed by atoms with E-state index in [0.29, 0.717) is 12.6 Å². The van der Waals surface area contributed by atoms with Crippen LogP contribution >= 0.6 is 11.6 Å². The highest BCUT2D eigenvalue weighted by molar-refractivity contribution is 6.30. The molecule has 2 heterocycles. The molecule has 144 valence electrons. The van der Waals surface area contributed by atoms with Gasteiger partial charge in [0.15, 0.2) is 0 Å². The fourth-order valence-corrected chi connectivity index (χ4v) is 4.59. The first kappa shape index (κ1) is 19.7. The molecule has 3 rings (SSSR count). The molecule has 5 heteroatoms. The van der Waals surface area contributed by atoms with Gasteiger partial charge in [0.25, 0.3) is 0 Å². The highest BCUT2D eigenvalue weighted by atomic mass is 35.5. The Kier molecular flexibility index (Phi) is 6.96. The number of hydrogen-bond acceptors (Lipinski definition) is 3. The van der Waals surface area contributed by atoms with Gasteiger partial charge in [0.05, 0.1) is 12.1 Å². The van der Waals surface area contributed by atoms with Gasteiger partial charge in [-0.1, -0.05) is 30.2 Å². The number of piperidine rings is 1. The zero-order valence-electron chi connectivity index (χ0n) is 16.1. The average Bonchev–Trinajstić information content (AvgIpc) is 3.16. The second kappa shape index (κ2) is 9.20. The third-order valence-electron chi connectivity index (χ3n) is 5.79. The van der Waals surface area contributed by atoms with Gasteiger partial charge in [-0.15, -0.1) is 0 Å². The van der Waals surface area contributed by atoms with Crippen LogP contribution in [0.3, 0.4) is 0 Å². The van der Waals surface area contributed by atoms with Crippen molar-refractivity contribution in [1.82, 2.24) is 15.1 Å². The third kappa shape index (κ3) is 4.79. The Morgan fingerprint density at radius 1 is 1.19 bits per heavy atom. The third-order valence-corrected chi connectivity index (χ3v) is 6.03. The van der Waals surface area contributed by atoms with E-state index < -0.39 is 0 Å². The summed E-state index contributed by atoms with van der Waals surface area (Å²) in [6.45, 7) is 8.24.